The predicted octanol–water partition coefficient (Wildman–Crippen LogP) is 11.7. The summed E-state index contributed by atoms with van der Waals surface area (Å²) >= 11 is 0. The fourth-order valence-electron chi connectivity index (χ4n) is 7.47. The summed E-state index contributed by atoms with van der Waals surface area (Å²) in [5.74, 6) is 1.45. The van der Waals surface area contributed by atoms with Crippen LogP contribution in [-0.2, 0) is 0 Å². The number of amidine groups is 2. The molecule has 4 nitrogen and oxygen atoms in total. The van der Waals surface area contributed by atoms with E-state index in [1.165, 1.54) is 27.1 Å². The van der Waals surface area contributed by atoms with Crippen LogP contribution in [0.3, 0.4) is 0 Å². The van der Waals surface area contributed by atoms with Gasteiger partial charge < -0.3 is 9.73 Å². The fraction of sp³-hybridized carbons (Fsp3) is 0.0213. The molecule has 1 aliphatic heterocycles. The summed E-state index contributed by atoms with van der Waals surface area (Å²) in [6.45, 7) is 0. The Morgan fingerprint density at radius 2 is 1.14 bits per heavy atom. The molecule has 1 aromatic heterocycles. The molecule has 1 aliphatic rings. The Morgan fingerprint density at radius 1 is 0.451 bits per heavy atom. The van der Waals surface area contributed by atoms with Crippen LogP contribution >= 0.6 is 0 Å². The normalized spacial score (nSPS) is 14.5. The molecule has 1 unspecified atom stereocenters. The first-order valence-electron chi connectivity index (χ1n) is 17.3. The molecule has 0 spiro atoms. The van der Waals surface area contributed by atoms with Crippen molar-refractivity contribution in [2.24, 2.45) is 9.98 Å². The maximum absolute atomic E-state index is 6.46. The summed E-state index contributed by atoms with van der Waals surface area (Å²) in [5, 5.41) is 10.8. The van der Waals surface area contributed by atoms with Crippen molar-refractivity contribution in [3.8, 4) is 22.3 Å². The third kappa shape index (κ3) is 5.08. The van der Waals surface area contributed by atoms with Gasteiger partial charge in [0.2, 0.25) is 0 Å². The Balaban J connectivity index is 1.15. The van der Waals surface area contributed by atoms with Gasteiger partial charge in [0.05, 0.1) is 0 Å². The molecule has 9 aromatic rings. The summed E-state index contributed by atoms with van der Waals surface area (Å²) in [7, 11) is 0. The molecule has 4 heteroatoms. The van der Waals surface area contributed by atoms with E-state index in [1.54, 1.807) is 0 Å². The van der Waals surface area contributed by atoms with Crippen molar-refractivity contribution in [2.75, 3.05) is 0 Å². The fourth-order valence-corrected chi connectivity index (χ4v) is 7.47. The number of benzene rings is 8. The maximum Gasteiger partial charge on any atom is 0.159 e. The quantitative estimate of drug-likeness (QED) is 0.201. The summed E-state index contributed by atoms with van der Waals surface area (Å²) in [6, 6.07) is 61.6. The van der Waals surface area contributed by atoms with Gasteiger partial charge in [-0.1, -0.05) is 158 Å². The van der Waals surface area contributed by atoms with Crippen LogP contribution in [0.25, 0.3) is 65.7 Å². The van der Waals surface area contributed by atoms with Gasteiger partial charge in [-0.15, -0.1) is 0 Å². The monoisotopic (exact) mass is 653 g/mol. The second-order valence-corrected chi connectivity index (χ2v) is 13.0. The second-order valence-electron chi connectivity index (χ2n) is 13.0. The van der Waals surface area contributed by atoms with Gasteiger partial charge in [-0.05, 0) is 62.0 Å². The highest BCUT2D eigenvalue weighted by Gasteiger charge is 2.28. The molecule has 0 radical (unpaired) electrons. The first kappa shape index (κ1) is 29.2. The lowest BCUT2D eigenvalue weighted by molar-refractivity contribution is 0.663. The Bertz CT molecular complexity index is 2820. The predicted molar refractivity (Wildman–Crippen MR) is 211 cm³/mol. The number of nitrogens with one attached hydrogen (secondary N) is 1. The molecule has 0 bridgehead atoms. The minimum Gasteiger partial charge on any atom is -0.456 e. The van der Waals surface area contributed by atoms with E-state index in [9.17, 15) is 0 Å². The van der Waals surface area contributed by atoms with Gasteiger partial charge in [-0.2, -0.15) is 0 Å². The lowest BCUT2D eigenvalue weighted by atomic mass is 9.90. The standard InChI is InChI=1S/C47H31N3O/c1-2-13-33(14-3-1)45-48-46(34-24-21-31(22-25-34)36-26-23-30-11-4-5-15-35(30)29-36)50-47(49-45)44-39(38-19-10-16-32-12-6-7-17-37(32)38)27-28-42-43(44)40-18-8-9-20-41(40)51-42/h1-29,47H,(H,48,49,50). The molecule has 0 saturated heterocycles. The van der Waals surface area contributed by atoms with Crippen molar-refractivity contribution in [3.63, 3.8) is 0 Å². The molecule has 8 aromatic carbocycles. The number of hydrogen-bond acceptors (Lipinski definition) is 4. The molecule has 2 heterocycles. The number of fused-ring (bicyclic) bond motifs is 5. The third-order valence-corrected chi connectivity index (χ3v) is 9.95. The number of furan rings is 1. The highest BCUT2D eigenvalue weighted by molar-refractivity contribution is 6.15. The highest BCUT2D eigenvalue weighted by atomic mass is 16.3. The minimum absolute atomic E-state index is 0.452. The van der Waals surface area contributed by atoms with Gasteiger partial charge in [0.25, 0.3) is 0 Å². The maximum atomic E-state index is 6.46. The van der Waals surface area contributed by atoms with E-state index in [1.807, 2.05) is 30.3 Å². The topological polar surface area (TPSA) is 49.9 Å². The molecule has 1 N–H and O–H groups in total. The molecule has 10 rings (SSSR count). The van der Waals surface area contributed by atoms with Gasteiger partial charge in [0.15, 0.2) is 5.84 Å². The molecular formula is C47H31N3O. The first-order chi connectivity index (χ1) is 25.3. The highest BCUT2D eigenvalue weighted by Crippen LogP contribution is 2.43. The summed E-state index contributed by atoms with van der Waals surface area (Å²) in [6.07, 6.45) is -0.452. The molecule has 1 atom stereocenters. The van der Waals surface area contributed by atoms with Gasteiger partial charge in [-0.3, -0.25) is 0 Å². The Hall–Kier alpha value is -6.78. The van der Waals surface area contributed by atoms with Gasteiger partial charge in [0.1, 0.15) is 23.2 Å². The van der Waals surface area contributed by atoms with Crippen molar-refractivity contribution in [1.82, 2.24) is 5.32 Å². The molecule has 51 heavy (non-hydrogen) atoms. The van der Waals surface area contributed by atoms with Crippen molar-refractivity contribution in [1.29, 1.82) is 0 Å². The van der Waals surface area contributed by atoms with Crippen molar-refractivity contribution >= 4 is 55.2 Å². The Labute approximate surface area is 295 Å². The van der Waals surface area contributed by atoms with E-state index in [0.29, 0.717) is 5.84 Å². The Kier molecular flexibility index (Phi) is 6.85. The third-order valence-electron chi connectivity index (χ3n) is 9.95. The van der Waals surface area contributed by atoms with Crippen LogP contribution in [0.1, 0.15) is 22.9 Å². The Morgan fingerprint density at radius 3 is 2.00 bits per heavy atom. The zero-order valence-corrected chi connectivity index (χ0v) is 27.6. The van der Waals surface area contributed by atoms with Crippen LogP contribution in [0.2, 0.25) is 0 Å². The van der Waals surface area contributed by atoms with E-state index >= 15 is 0 Å². The van der Waals surface area contributed by atoms with Crippen molar-refractivity contribution in [2.45, 2.75) is 6.17 Å². The first-order valence-corrected chi connectivity index (χ1v) is 17.3. The smallest absolute Gasteiger partial charge is 0.159 e. The number of rotatable bonds is 5. The van der Waals surface area contributed by atoms with Crippen LogP contribution in [0, 0.1) is 0 Å². The molecule has 0 saturated carbocycles. The van der Waals surface area contributed by atoms with E-state index in [4.69, 9.17) is 14.4 Å². The van der Waals surface area contributed by atoms with Gasteiger partial charge in [0, 0.05) is 27.5 Å². The number of hydrogen-bond donors (Lipinski definition) is 1. The average molecular weight is 654 g/mol. The van der Waals surface area contributed by atoms with Crippen LogP contribution in [0.4, 0.5) is 0 Å². The van der Waals surface area contributed by atoms with E-state index in [-0.39, 0.29) is 0 Å². The van der Waals surface area contributed by atoms with Gasteiger partial charge >= 0.3 is 0 Å². The number of aliphatic imine (C=N–C) groups is 2. The summed E-state index contributed by atoms with van der Waals surface area (Å²) in [4.78, 5) is 10.5. The lowest BCUT2D eigenvalue weighted by Crippen LogP contribution is -2.34. The average Bonchev–Trinajstić information content (AvgIpc) is 3.59. The molecule has 0 aliphatic carbocycles. The zero-order chi connectivity index (χ0) is 33.7. The lowest BCUT2D eigenvalue weighted by Gasteiger charge is -2.26. The molecule has 0 fully saturated rings. The molecule has 240 valence electrons. The van der Waals surface area contributed by atoms with Crippen LogP contribution in [0.5, 0.6) is 0 Å². The minimum atomic E-state index is -0.452. The summed E-state index contributed by atoms with van der Waals surface area (Å²) in [5.41, 5.74) is 9.28. The van der Waals surface area contributed by atoms with E-state index < -0.39 is 6.17 Å². The van der Waals surface area contributed by atoms with E-state index in [2.05, 4.69) is 151 Å². The SMILES string of the molecule is c1ccc(C2=NC(c3c(-c4cccc5ccccc45)ccc4oc5ccccc5c34)NC(c3ccc(-c4ccc5ccccc5c4)cc3)=N2)cc1. The summed E-state index contributed by atoms with van der Waals surface area (Å²) < 4.78 is 6.46. The number of para-hydroxylation sites is 1. The van der Waals surface area contributed by atoms with Crippen LogP contribution < -0.4 is 5.32 Å². The van der Waals surface area contributed by atoms with Gasteiger partial charge in [-0.25, -0.2) is 9.98 Å². The zero-order valence-electron chi connectivity index (χ0n) is 27.6. The van der Waals surface area contributed by atoms with Crippen LogP contribution in [-0.4, -0.2) is 11.7 Å². The second kappa shape index (κ2) is 12.0. The van der Waals surface area contributed by atoms with E-state index in [0.717, 1.165) is 61.2 Å². The molecule has 0 amide bonds. The van der Waals surface area contributed by atoms with Crippen LogP contribution in [0.15, 0.2) is 190 Å². The molecular weight excluding hydrogens is 623 g/mol. The largest absolute Gasteiger partial charge is 0.456 e. The number of nitrogens with zero attached hydrogens (tertiary/aromatic N) is 2. The van der Waals surface area contributed by atoms with Crippen molar-refractivity contribution in [3.05, 3.63) is 193 Å². The van der Waals surface area contributed by atoms with Crippen molar-refractivity contribution < 1.29 is 4.42 Å².